The maximum Gasteiger partial charge on any atom is 0.428 e. The van der Waals surface area contributed by atoms with Crippen molar-refractivity contribution < 1.29 is 13.6 Å². The van der Waals surface area contributed by atoms with Crippen LogP contribution in [0.4, 0.5) is 9.18 Å². The number of halogens is 1. The fraction of sp³-hybridized carbons (Fsp3) is 0.263. The number of unbranched alkanes of at least 4 members (excludes halogenated alkanes) is 2. The highest BCUT2D eigenvalue weighted by Crippen LogP contribution is 2.24. The fourth-order valence-corrected chi connectivity index (χ4v) is 2.68. The first-order valence-electron chi connectivity index (χ1n) is 8.30. The van der Waals surface area contributed by atoms with Gasteiger partial charge < -0.3 is 9.73 Å². The second-order valence-corrected chi connectivity index (χ2v) is 5.83. The topological polar surface area (TPSA) is 64.2 Å². The van der Waals surface area contributed by atoms with E-state index in [-0.39, 0.29) is 5.82 Å². The Balaban J connectivity index is 1.89. The number of nitrogens with zero attached hydrogens (tertiary/aromatic N) is 1. The molecule has 0 fully saturated rings. The van der Waals surface area contributed by atoms with Crippen molar-refractivity contribution in [3.63, 3.8) is 0 Å². The van der Waals surface area contributed by atoms with Crippen molar-refractivity contribution in [1.29, 1.82) is 0 Å². The van der Waals surface area contributed by atoms with Crippen LogP contribution in [0, 0.1) is 5.82 Å². The number of aromatic nitrogens is 1. The summed E-state index contributed by atoms with van der Waals surface area (Å²) in [5.74, 6) is -1.04. The van der Waals surface area contributed by atoms with Gasteiger partial charge in [-0.2, -0.15) is 4.57 Å². The molecule has 0 saturated carbocycles. The van der Waals surface area contributed by atoms with Gasteiger partial charge in [-0.1, -0.05) is 38.0 Å². The molecule has 130 valence electrons. The van der Waals surface area contributed by atoms with Crippen molar-refractivity contribution in [2.24, 2.45) is 0 Å². The summed E-state index contributed by atoms with van der Waals surface area (Å²) >= 11 is 0. The minimum atomic E-state index is -0.723. The highest BCUT2D eigenvalue weighted by atomic mass is 19.1. The largest absolute Gasteiger partial charge is 0.428 e. The zero-order valence-electron chi connectivity index (χ0n) is 13.9. The molecule has 0 aliphatic carbocycles. The first-order valence-corrected chi connectivity index (χ1v) is 8.30. The molecule has 0 radical (unpaired) electrons. The van der Waals surface area contributed by atoms with E-state index in [1.807, 2.05) is 0 Å². The molecule has 1 amide bonds. The minimum Gasteiger partial charge on any atom is -0.407 e. The fourth-order valence-electron chi connectivity index (χ4n) is 2.68. The first kappa shape index (κ1) is 17.0. The lowest BCUT2D eigenvalue weighted by molar-refractivity contribution is 0.241. The molecule has 1 aromatic heterocycles. The van der Waals surface area contributed by atoms with Crippen molar-refractivity contribution in [2.75, 3.05) is 6.54 Å². The number of amides is 1. The lowest BCUT2D eigenvalue weighted by Gasteiger charge is -2.05. The van der Waals surface area contributed by atoms with Crippen LogP contribution in [0.2, 0.25) is 0 Å². The van der Waals surface area contributed by atoms with E-state index in [4.69, 9.17) is 4.42 Å². The smallest absolute Gasteiger partial charge is 0.407 e. The van der Waals surface area contributed by atoms with Gasteiger partial charge in [0.1, 0.15) is 5.82 Å². The van der Waals surface area contributed by atoms with E-state index in [9.17, 15) is 14.0 Å². The standard InChI is InChI=1S/C19H19FN2O3/c1-2-3-4-11-21-18(23)22-16-10-7-14(12-17(16)25-19(22)24)13-5-8-15(20)9-6-13/h5-10,12H,2-4,11H2,1H3,(H,21,23). The molecule has 1 heterocycles. The van der Waals surface area contributed by atoms with Crippen LogP contribution in [0.1, 0.15) is 26.2 Å². The van der Waals surface area contributed by atoms with Crippen molar-refractivity contribution in [3.8, 4) is 11.1 Å². The number of fused-ring (bicyclic) bond motifs is 1. The van der Waals surface area contributed by atoms with Gasteiger partial charge in [-0.25, -0.2) is 14.0 Å². The predicted octanol–water partition coefficient (Wildman–Crippen LogP) is 4.15. The molecular weight excluding hydrogens is 323 g/mol. The summed E-state index contributed by atoms with van der Waals surface area (Å²) in [6.07, 6.45) is 2.93. The minimum absolute atomic E-state index is 0.315. The van der Waals surface area contributed by atoms with E-state index >= 15 is 0 Å². The normalized spacial score (nSPS) is 11.0. The molecule has 0 aliphatic heterocycles. The summed E-state index contributed by atoms with van der Waals surface area (Å²) < 4.78 is 19.2. The number of carbonyl (C=O) groups excluding carboxylic acids is 1. The number of nitrogens with one attached hydrogen (secondary N) is 1. The summed E-state index contributed by atoms with van der Waals surface area (Å²) in [6, 6.07) is 10.6. The Morgan fingerprint density at radius 2 is 1.84 bits per heavy atom. The summed E-state index contributed by atoms with van der Waals surface area (Å²) in [7, 11) is 0. The molecule has 6 heteroatoms. The first-order chi connectivity index (χ1) is 12.1. The number of hydrogen-bond donors (Lipinski definition) is 1. The van der Waals surface area contributed by atoms with Gasteiger partial charge in [0.25, 0.3) is 0 Å². The lowest BCUT2D eigenvalue weighted by atomic mass is 10.1. The third kappa shape index (κ3) is 3.63. The second-order valence-electron chi connectivity index (χ2n) is 5.83. The van der Waals surface area contributed by atoms with E-state index in [1.165, 1.54) is 12.1 Å². The molecular formula is C19H19FN2O3. The molecule has 0 bridgehead atoms. The third-order valence-corrected chi connectivity index (χ3v) is 4.02. The monoisotopic (exact) mass is 342 g/mol. The van der Waals surface area contributed by atoms with Gasteiger partial charge in [-0.15, -0.1) is 0 Å². The van der Waals surface area contributed by atoms with Crippen LogP contribution in [-0.4, -0.2) is 17.1 Å². The molecule has 0 aliphatic rings. The van der Waals surface area contributed by atoms with Gasteiger partial charge in [-0.3, -0.25) is 0 Å². The van der Waals surface area contributed by atoms with Crippen molar-refractivity contribution >= 4 is 17.1 Å². The Morgan fingerprint density at radius 3 is 2.56 bits per heavy atom. The van der Waals surface area contributed by atoms with Crippen LogP contribution in [0.5, 0.6) is 0 Å². The molecule has 2 aromatic carbocycles. The zero-order valence-corrected chi connectivity index (χ0v) is 13.9. The number of benzene rings is 2. The SMILES string of the molecule is CCCCCNC(=O)n1c(=O)oc2cc(-c3ccc(F)cc3)ccc21. The molecule has 1 N–H and O–H groups in total. The van der Waals surface area contributed by atoms with E-state index in [1.54, 1.807) is 30.3 Å². The van der Waals surface area contributed by atoms with Gasteiger partial charge in [0.15, 0.2) is 5.58 Å². The van der Waals surface area contributed by atoms with E-state index in [0.717, 1.165) is 35.0 Å². The maximum absolute atomic E-state index is 13.0. The van der Waals surface area contributed by atoms with Crippen LogP contribution < -0.4 is 11.1 Å². The van der Waals surface area contributed by atoms with Crippen LogP contribution in [-0.2, 0) is 0 Å². The molecule has 3 aromatic rings. The summed E-state index contributed by atoms with van der Waals surface area (Å²) in [6.45, 7) is 2.59. The van der Waals surface area contributed by atoms with E-state index < -0.39 is 11.8 Å². The molecule has 5 nitrogen and oxygen atoms in total. The van der Waals surface area contributed by atoms with E-state index in [0.29, 0.717) is 17.6 Å². The predicted molar refractivity (Wildman–Crippen MR) is 94.2 cm³/mol. The van der Waals surface area contributed by atoms with E-state index in [2.05, 4.69) is 12.2 Å². The van der Waals surface area contributed by atoms with Gasteiger partial charge in [0.2, 0.25) is 0 Å². The molecule has 3 rings (SSSR count). The molecule has 0 saturated heterocycles. The quantitative estimate of drug-likeness (QED) is 0.709. The Hall–Kier alpha value is -2.89. The Bertz CT molecular complexity index is 941. The summed E-state index contributed by atoms with van der Waals surface area (Å²) in [5, 5.41) is 2.73. The Morgan fingerprint density at radius 1 is 1.12 bits per heavy atom. The number of rotatable bonds is 5. The van der Waals surface area contributed by atoms with Crippen molar-refractivity contribution in [1.82, 2.24) is 9.88 Å². The lowest BCUT2D eigenvalue weighted by Crippen LogP contribution is -2.34. The van der Waals surface area contributed by atoms with Crippen molar-refractivity contribution in [2.45, 2.75) is 26.2 Å². The number of hydrogen-bond acceptors (Lipinski definition) is 3. The number of carbonyl (C=O) groups is 1. The average Bonchev–Trinajstić information content (AvgIpc) is 2.94. The average molecular weight is 342 g/mol. The molecule has 25 heavy (non-hydrogen) atoms. The van der Waals surface area contributed by atoms with Crippen LogP contribution in [0.15, 0.2) is 51.7 Å². The molecule has 0 atom stereocenters. The highest BCUT2D eigenvalue weighted by molar-refractivity contribution is 5.90. The van der Waals surface area contributed by atoms with Crippen LogP contribution in [0.3, 0.4) is 0 Å². The Labute approximate surface area is 144 Å². The Kier molecular flexibility index (Phi) is 4.97. The molecule has 0 spiro atoms. The highest BCUT2D eigenvalue weighted by Gasteiger charge is 2.16. The summed E-state index contributed by atoms with van der Waals surface area (Å²) in [5.41, 5.74) is 2.29. The van der Waals surface area contributed by atoms with Gasteiger partial charge in [0, 0.05) is 6.54 Å². The third-order valence-electron chi connectivity index (χ3n) is 4.02. The summed E-state index contributed by atoms with van der Waals surface area (Å²) in [4.78, 5) is 24.3. The van der Waals surface area contributed by atoms with Crippen molar-refractivity contribution in [3.05, 3.63) is 58.8 Å². The van der Waals surface area contributed by atoms with Gasteiger partial charge in [-0.05, 0) is 41.8 Å². The number of oxazole rings is 1. The maximum atomic E-state index is 13.0. The van der Waals surface area contributed by atoms with Gasteiger partial charge >= 0.3 is 11.8 Å². The molecule has 0 unspecified atom stereocenters. The second kappa shape index (κ2) is 7.34. The van der Waals surface area contributed by atoms with Crippen LogP contribution in [0.25, 0.3) is 22.2 Å². The zero-order chi connectivity index (χ0) is 17.8. The van der Waals surface area contributed by atoms with Crippen LogP contribution >= 0.6 is 0 Å². The van der Waals surface area contributed by atoms with Gasteiger partial charge in [0.05, 0.1) is 5.52 Å².